The number of carbonyl (C=O) groups excluding carboxylic acids is 1. The molecule has 2 heterocycles. The van der Waals surface area contributed by atoms with Gasteiger partial charge in [0.05, 0.1) is 18.6 Å². The zero-order valence-corrected chi connectivity index (χ0v) is 9.28. The largest absolute Gasteiger partial charge is 0.456 e. The van der Waals surface area contributed by atoms with Crippen molar-refractivity contribution in [2.45, 2.75) is 56.8 Å². The molecule has 0 aromatic heterocycles. The minimum atomic E-state index is -0.499. The monoisotopic (exact) mass is 214 g/mol. The molecule has 15 heavy (non-hydrogen) atoms. The van der Waals surface area contributed by atoms with Crippen molar-refractivity contribution in [2.24, 2.45) is 0 Å². The highest BCUT2D eigenvalue weighted by molar-refractivity contribution is 5.73. The fraction of sp³-hybridized carbons (Fsp3) is 0.909. The standard InChI is InChI=1S/C11H18O4/c1-3-10(7-12)6-11(4-2)8(14-10)5-9(13)15-11/h8,12H,3-7H2,1-2H3/t8-,10+,11-/m1/s1. The Morgan fingerprint density at radius 3 is 2.67 bits per heavy atom. The molecule has 4 heteroatoms. The van der Waals surface area contributed by atoms with Crippen LogP contribution < -0.4 is 0 Å². The van der Waals surface area contributed by atoms with Crippen LogP contribution in [0.25, 0.3) is 0 Å². The highest BCUT2D eigenvalue weighted by atomic mass is 16.6. The van der Waals surface area contributed by atoms with Crippen LogP contribution in [0.15, 0.2) is 0 Å². The maximum Gasteiger partial charge on any atom is 0.309 e. The number of hydrogen-bond acceptors (Lipinski definition) is 4. The number of fused-ring (bicyclic) bond motifs is 1. The molecule has 2 fully saturated rings. The van der Waals surface area contributed by atoms with Gasteiger partial charge in [-0.15, -0.1) is 0 Å². The summed E-state index contributed by atoms with van der Waals surface area (Å²) in [6.45, 7) is 3.99. The van der Waals surface area contributed by atoms with Crippen LogP contribution in [0.4, 0.5) is 0 Å². The number of aliphatic hydroxyl groups excluding tert-OH is 1. The van der Waals surface area contributed by atoms with Crippen molar-refractivity contribution in [3.8, 4) is 0 Å². The fourth-order valence-electron chi connectivity index (χ4n) is 2.70. The Hall–Kier alpha value is -0.610. The Labute approximate surface area is 89.6 Å². The molecule has 2 saturated heterocycles. The predicted octanol–water partition coefficient (Wildman–Crippen LogP) is 1.01. The normalized spacial score (nSPS) is 44.2. The zero-order chi connectivity index (χ0) is 11.1. The Kier molecular flexibility index (Phi) is 2.51. The molecule has 86 valence electrons. The summed E-state index contributed by atoms with van der Waals surface area (Å²) >= 11 is 0. The zero-order valence-electron chi connectivity index (χ0n) is 9.28. The maximum atomic E-state index is 11.2. The molecule has 3 atom stereocenters. The molecule has 1 N–H and O–H groups in total. The summed E-state index contributed by atoms with van der Waals surface area (Å²) in [4.78, 5) is 11.2. The molecule has 0 aromatic carbocycles. The van der Waals surface area contributed by atoms with Gasteiger partial charge in [0.2, 0.25) is 0 Å². The molecule has 0 saturated carbocycles. The summed E-state index contributed by atoms with van der Waals surface area (Å²) in [7, 11) is 0. The van der Waals surface area contributed by atoms with E-state index in [2.05, 4.69) is 0 Å². The summed E-state index contributed by atoms with van der Waals surface area (Å²) in [5.74, 6) is -0.176. The molecule has 2 aliphatic heterocycles. The van der Waals surface area contributed by atoms with Crippen LogP contribution in [0.3, 0.4) is 0 Å². The first kappa shape index (κ1) is 10.9. The van der Waals surface area contributed by atoms with E-state index >= 15 is 0 Å². The average molecular weight is 214 g/mol. The lowest BCUT2D eigenvalue weighted by Crippen LogP contribution is -2.37. The van der Waals surface area contributed by atoms with Gasteiger partial charge in [-0.2, -0.15) is 0 Å². The van der Waals surface area contributed by atoms with Gasteiger partial charge in [0.1, 0.15) is 11.7 Å². The number of hydrogen-bond donors (Lipinski definition) is 1. The van der Waals surface area contributed by atoms with Crippen LogP contribution in [-0.2, 0) is 14.3 Å². The number of ether oxygens (including phenoxy) is 2. The predicted molar refractivity (Wildman–Crippen MR) is 53.3 cm³/mol. The van der Waals surface area contributed by atoms with Gasteiger partial charge >= 0.3 is 5.97 Å². The Morgan fingerprint density at radius 1 is 1.47 bits per heavy atom. The van der Waals surface area contributed by atoms with Crippen molar-refractivity contribution in [1.82, 2.24) is 0 Å². The first-order valence-electron chi connectivity index (χ1n) is 5.60. The quantitative estimate of drug-likeness (QED) is 0.712. The van der Waals surface area contributed by atoms with Crippen LogP contribution >= 0.6 is 0 Å². The van der Waals surface area contributed by atoms with Gasteiger partial charge in [0.25, 0.3) is 0 Å². The molecule has 4 nitrogen and oxygen atoms in total. The second-order valence-corrected chi connectivity index (χ2v) is 4.57. The van der Waals surface area contributed by atoms with Gasteiger partial charge < -0.3 is 14.6 Å². The Morgan fingerprint density at radius 2 is 2.20 bits per heavy atom. The van der Waals surface area contributed by atoms with E-state index in [1.165, 1.54) is 0 Å². The maximum absolute atomic E-state index is 11.2. The lowest BCUT2D eigenvalue weighted by Gasteiger charge is -2.27. The van der Waals surface area contributed by atoms with Crippen LogP contribution in [0.1, 0.15) is 39.5 Å². The highest BCUT2D eigenvalue weighted by Gasteiger charge is 2.60. The van der Waals surface area contributed by atoms with Gasteiger partial charge in [-0.1, -0.05) is 13.8 Å². The van der Waals surface area contributed by atoms with Crippen molar-refractivity contribution in [1.29, 1.82) is 0 Å². The van der Waals surface area contributed by atoms with Crippen molar-refractivity contribution < 1.29 is 19.4 Å². The van der Waals surface area contributed by atoms with E-state index in [9.17, 15) is 9.90 Å². The van der Waals surface area contributed by atoms with Crippen LogP contribution in [0.5, 0.6) is 0 Å². The van der Waals surface area contributed by atoms with Crippen LogP contribution in [0, 0.1) is 0 Å². The van der Waals surface area contributed by atoms with Crippen molar-refractivity contribution >= 4 is 5.97 Å². The molecule has 0 spiro atoms. The van der Waals surface area contributed by atoms with Gasteiger partial charge in [0, 0.05) is 6.42 Å². The van der Waals surface area contributed by atoms with E-state index in [1.54, 1.807) is 0 Å². The molecule has 0 aliphatic carbocycles. The summed E-state index contributed by atoms with van der Waals surface area (Å²) in [6, 6.07) is 0. The average Bonchev–Trinajstić information content (AvgIpc) is 2.68. The van der Waals surface area contributed by atoms with Crippen molar-refractivity contribution in [3.05, 3.63) is 0 Å². The molecule has 2 rings (SSSR count). The summed E-state index contributed by atoms with van der Waals surface area (Å²) in [5.41, 5.74) is -0.975. The van der Waals surface area contributed by atoms with E-state index in [1.807, 2.05) is 13.8 Å². The molecule has 0 radical (unpaired) electrons. The molecular formula is C11H18O4. The number of aliphatic hydroxyl groups is 1. The first-order valence-corrected chi connectivity index (χ1v) is 5.60. The molecular weight excluding hydrogens is 196 g/mol. The van der Waals surface area contributed by atoms with Crippen molar-refractivity contribution in [2.75, 3.05) is 6.61 Å². The summed E-state index contributed by atoms with van der Waals surface area (Å²) in [5, 5.41) is 9.38. The molecule has 0 amide bonds. The van der Waals surface area contributed by atoms with E-state index in [0.29, 0.717) is 12.8 Å². The molecule has 2 aliphatic rings. The highest BCUT2D eigenvalue weighted by Crippen LogP contribution is 2.48. The molecule has 0 bridgehead atoms. The third-order valence-corrected chi connectivity index (χ3v) is 3.80. The van der Waals surface area contributed by atoms with Gasteiger partial charge in [0.15, 0.2) is 0 Å². The molecule has 0 unspecified atom stereocenters. The van der Waals surface area contributed by atoms with Crippen LogP contribution in [0.2, 0.25) is 0 Å². The third-order valence-electron chi connectivity index (χ3n) is 3.80. The van der Waals surface area contributed by atoms with Crippen molar-refractivity contribution in [3.63, 3.8) is 0 Å². The number of carbonyl (C=O) groups is 1. The Balaban J connectivity index is 2.23. The second-order valence-electron chi connectivity index (χ2n) is 4.57. The minimum Gasteiger partial charge on any atom is -0.456 e. The van der Waals surface area contributed by atoms with E-state index in [0.717, 1.165) is 12.8 Å². The minimum absolute atomic E-state index is 0.000694. The smallest absolute Gasteiger partial charge is 0.309 e. The first-order chi connectivity index (χ1) is 7.10. The lowest BCUT2D eigenvalue weighted by molar-refractivity contribution is -0.149. The SMILES string of the molecule is CC[C@@]1(CO)C[C@@]2(CC)OC(=O)C[C@H]2O1. The molecule has 0 aromatic rings. The number of esters is 1. The lowest BCUT2D eigenvalue weighted by atomic mass is 9.85. The summed E-state index contributed by atoms with van der Waals surface area (Å²) in [6.07, 6.45) is 2.29. The van der Waals surface area contributed by atoms with E-state index in [4.69, 9.17) is 9.47 Å². The van der Waals surface area contributed by atoms with E-state index < -0.39 is 11.2 Å². The Bertz CT molecular complexity index is 272. The second kappa shape index (κ2) is 3.46. The number of rotatable bonds is 3. The third kappa shape index (κ3) is 1.47. The van der Waals surface area contributed by atoms with Gasteiger partial charge in [-0.05, 0) is 12.8 Å². The van der Waals surface area contributed by atoms with Crippen LogP contribution in [-0.4, -0.2) is 35.0 Å². The summed E-state index contributed by atoms with van der Waals surface area (Å²) < 4.78 is 11.2. The van der Waals surface area contributed by atoms with Gasteiger partial charge in [-0.25, -0.2) is 0 Å². The van der Waals surface area contributed by atoms with Gasteiger partial charge in [-0.3, -0.25) is 4.79 Å². The van der Waals surface area contributed by atoms with E-state index in [-0.39, 0.29) is 18.7 Å². The fourth-order valence-corrected chi connectivity index (χ4v) is 2.70. The topological polar surface area (TPSA) is 55.8 Å².